The second-order valence-electron chi connectivity index (χ2n) is 13.7. The first-order chi connectivity index (χ1) is 20.4. The van der Waals surface area contributed by atoms with E-state index in [2.05, 4.69) is 0 Å². The molecule has 8 N–H and O–H groups in total. The van der Waals surface area contributed by atoms with Crippen LogP contribution in [0.2, 0.25) is 0 Å². The lowest BCUT2D eigenvalue weighted by Crippen LogP contribution is -2.85. The molecule has 0 heterocycles. The lowest BCUT2D eigenvalue weighted by atomic mass is 9.42. The Bertz CT molecular complexity index is 1540. The zero-order valence-electron chi connectivity index (χ0n) is 25.5. The van der Waals surface area contributed by atoms with Crippen LogP contribution >= 0.6 is 0 Å². The number of phenols is 1. The number of benzene rings is 1. The molecule has 0 bridgehead atoms. The number of primary amides is 1. The zero-order chi connectivity index (χ0) is 32.7. The molecule has 3 saturated carbocycles. The van der Waals surface area contributed by atoms with Crippen molar-refractivity contribution in [3.63, 3.8) is 0 Å². The summed E-state index contributed by atoms with van der Waals surface area (Å²) in [5.74, 6) is -9.98. The van der Waals surface area contributed by atoms with Crippen LogP contribution in [0.25, 0.3) is 0 Å². The molecule has 4 aliphatic rings. The number of rotatable bonds is 6. The maximum Gasteiger partial charge on any atom is 0.235 e. The van der Waals surface area contributed by atoms with Crippen LogP contribution in [-0.4, -0.2) is 95.1 Å². The van der Waals surface area contributed by atoms with Crippen molar-refractivity contribution in [1.29, 1.82) is 5.26 Å². The highest BCUT2D eigenvalue weighted by Gasteiger charge is 2.78. The first kappa shape index (κ1) is 31.7. The molecule has 1 aromatic rings. The number of anilines is 1. The Labute approximate surface area is 255 Å². The van der Waals surface area contributed by atoms with Gasteiger partial charge < -0.3 is 32.3 Å². The molecule has 0 aliphatic heterocycles. The van der Waals surface area contributed by atoms with Gasteiger partial charge in [0.25, 0.3) is 0 Å². The van der Waals surface area contributed by atoms with Crippen molar-refractivity contribution in [2.24, 2.45) is 34.5 Å². The lowest BCUT2D eigenvalue weighted by Gasteiger charge is -2.60. The average Bonchev–Trinajstić information content (AvgIpc) is 3.33. The number of nitriles is 1. The SMILES string of the molecule is CN(C)c1cc(CCC2(O)CCCC2)c(O)c2c1C[C@@]1(N)C[C@@]3(N)[C@H](N(C)C)C(=O)C(C(N)=O)C(=O)[C@@]3(C#N)C(=O)C1C2=O. The zero-order valence-corrected chi connectivity index (χ0v) is 25.5. The predicted molar refractivity (Wildman–Crippen MR) is 157 cm³/mol. The summed E-state index contributed by atoms with van der Waals surface area (Å²) in [6.07, 6.45) is 3.08. The Balaban J connectivity index is 1.70. The Morgan fingerprint density at radius 1 is 1.09 bits per heavy atom. The van der Waals surface area contributed by atoms with Gasteiger partial charge in [0, 0.05) is 25.3 Å². The molecule has 4 aliphatic carbocycles. The summed E-state index contributed by atoms with van der Waals surface area (Å²) in [5.41, 5.74) is 12.8. The van der Waals surface area contributed by atoms with Crippen molar-refractivity contribution < 1.29 is 34.2 Å². The number of hydrogen-bond donors (Lipinski definition) is 5. The molecule has 44 heavy (non-hydrogen) atoms. The van der Waals surface area contributed by atoms with E-state index in [-0.39, 0.29) is 24.2 Å². The van der Waals surface area contributed by atoms with Crippen LogP contribution in [0, 0.1) is 28.6 Å². The Hall–Kier alpha value is -3.70. The number of likely N-dealkylation sites (N-methyl/N-ethyl adjacent to an activating group) is 1. The van der Waals surface area contributed by atoms with Gasteiger partial charge in [-0.3, -0.25) is 28.9 Å². The molecule has 0 spiro atoms. The Morgan fingerprint density at radius 3 is 2.23 bits per heavy atom. The van der Waals surface area contributed by atoms with E-state index in [0.29, 0.717) is 36.1 Å². The third-order valence-electron chi connectivity index (χ3n) is 10.5. The van der Waals surface area contributed by atoms with Gasteiger partial charge in [-0.05, 0) is 69.8 Å². The molecular weight excluding hydrogens is 568 g/mol. The second kappa shape index (κ2) is 10.2. The monoisotopic (exact) mass is 608 g/mol. The van der Waals surface area contributed by atoms with E-state index < -0.39 is 75.4 Å². The summed E-state index contributed by atoms with van der Waals surface area (Å²) in [4.78, 5) is 71.9. The van der Waals surface area contributed by atoms with Crippen LogP contribution in [0.5, 0.6) is 5.75 Å². The number of hydrogen-bond acceptors (Lipinski definition) is 12. The lowest BCUT2D eigenvalue weighted by molar-refractivity contribution is -0.166. The van der Waals surface area contributed by atoms with Crippen LogP contribution < -0.4 is 22.1 Å². The molecule has 5 rings (SSSR count). The van der Waals surface area contributed by atoms with E-state index in [9.17, 15) is 39.4 Å². The minimum atomic E-state index is -2.79. The van der Waals surface area contributed by atoms with Gasteiger partial charge in [0.1, 0.15) is 11.7 Å². The molecule has 13 heteroatoms. The van der Waals surface area contributed by atoms with Crippen LogP contribution in [0.15, 0.2) is 6.07 Å². The van der Waals surface area contributed by atoms with E-state index in [1.54, 1.807) is 31.1 Å². The summed E-state index contributed by atoms with van der Waals surface area (Å²) in [6.45, 7) is 0. The highest BCUT2D eigenvalue weighted by Crippen LogP contribution is 2.57. The fourth-order valence-corrected chi connectivity index (χ4v) is 8.55. The standard InChI is InChI=1S/C31H40N6O7/c1-36(2)17-11-15(7-10-28(44)8-5-6-9-28)21(38)18-16(17)12-29(34)13-31(35)24(37(3)4)23(40)19(27(33)43)25(41)30(31,14-32)26(42)20(29)22(18)39/h11,19-20,24,38,44H,5-10,12-13,34-35H2,1-4H3,(H2,33,43)/t19?,20?,24-,29-,30+,31-/m1/s1. The van der Waals surface area contributed by atoms with Gasteiger partial charge >= 0.3 is 0 Å². The van der Waals surface area contributed by atoms with Crippen molar-refractivity contribution in [3.8, 4) is 11.8 Å². The van der Waals surface area contributed by atoms with Gasteiger partial charge in [-0.2, -0.15) is 5.26 Å². The third-order valence-corrected chi connectivity index (χ3v) is 10.5. The number of phenolic OH excluding ortho intramolecular Hbond substituents is 1. The number of ketones is 4. The highest BCUT2D eigenvalue weighted by molar-refractivity contribution is 6.33. The number of carbonyl (C=O) groups is 5. The van der Waals surface area contributed by atoms with Gasteiger partial charge in [-0.1, -0.05) is 12.8 Å². The van der Waals surface area contributed by atoms with Crippen LogP contribution in [0.3, 0.4) is 0 Å². The number of amides is 1. The van der Waals surface area contributed by atoms with Gasteiger partial charge in [0.2, 0.25) is 5.91 Å². The fraction of sp³-hybridized carbons (Fsp3) is 0.613. The van der Waals surface area contributed by atoms with Crippen molar-refractivity contribution in [3.05, 3.63) is 22.8 Å². The smallest absolute Gasteiger partial charge is 0.235 e. The maximum atomic E-state index is 14.6. The van der Waals surface area contributed by atoms with Crippen LogP contribution in [0.4, 0.5) is 5.69 Å². The number of carbonyl (C=O) groups excluding carboxylic acids is 5. The van der Waals surface area contributed by atoms with Gasteiger partial charge in [0.05, 0.1) is 28.8 Å². The summed E-state index contributed by atoms with van der Waals surface area (Å²) in [7, 11) is 6.42. The largest absolute Gasteiger partial charge is 0.507 e. The first-order valence-corrected chi connectivity index (χ1v) is 14.8. The van der Waals surface area contributed by atoms with Gasteiger partial charge in [0.15, 0.2) is 34.5 Å². The van der Waals surface area contributed by atoms with Gasteiger partial charge in [-0.15, -0.1) is 0 Å². The number of fused-ring (bicyclic) bond motifs is 3. The summed E-state index contributed by atoms with van der Waals surface area (Å²) >= 11 is 0. The normalized spacial score (nSPS) is 34.3. The Kier molecular flexibility index (Phi) is 7.33. The summed E-state index contributed by atoms with van der Waals surface area (Å²) in [5, 5.41) is 33.0. The predicted octanol–water partition coefficient (Wildman–Crippen LogP) is -0.888. The van der Waals surface area contributed by atoms with E-state index in [1.165, 1.54) is 19.0 Å². The summed E-state index contributed by atoms with van der Waals surface area (Å²) < 4.78 is 0. The van der Waals surface area contributed by atoms with E-state index in [1.807, 2.05) is 0 Å². The van der Waals surface area contributed by atoms with Crippen molar-refractivity contribution in [2.45, 2.75) is 74.1 Å². The van der Waals surface area contributed by atoms with E-state index in [0.717, 1.165) is 12.8 Å². The minimum absolute atomic E-state index is 0.141. The molecular formula is C31H40N6O7. The Morgan fingerprint density at radius 2 is 1.70 bits per heavy atom. The second-order valence-corrected chi connectivity index (χ2v) is 13.7. The molecule has 2 unspecified atom stereocenters. The number of Topliss-reactive ketones (excluding diaryl/α,β-unsaturated/α-hetero) is 4. The highest BCUT2D eigenvalue weighted by atomic mass is 16.3. The fourth-order valence-electron chi connectivity index (χ4n) is 8.55. The van der Waals surface area contributed by atoms with Crippen LogP contribution in [-0.2, 0) is 32.0 Å². The molecule has 0 saturated heterocycles. The number of aromatic hydroxyl groups is 1. The average molecular weight is 609 g/mol. The summed E-state index contributed by atoms with van der Waals surface area (Å²) in [6, 6.07) is 1.99. The molecule has 1 aromatic carbocycles. The topological polar surface area (TPSA) is 234 Å². The van der Waals surface area contributed by atoms with Gasteiger partial charge in [-0.25, -0.2) is 0 Å². The molecule has 0 aromatic heterocycles. The van der Waals surface area contributed by atoms with E-state index >= 15 is 0 Å². The molecule has 0 radical (unpaired) electrons. The third kappa shape index (κ3) is 4.08. The quantitative estimate of drug-likeness (QED) is 0.248. The molecule has 3 fully saturated rings. The first-order valence-electron chi connectivity index (χ1n) is 14.8. The minimum Gasteiger partial charge on any atom is -0.507 e. The molecule has 236 valence electrons. The molecule has 1 amide bonds. The van der Waals surface area contributed by atoms with Crippen molar-refractivity contribution >= 4 is 34.7 Å². The maximum absolute atomic E-state index is 14.6. The number of aliphatic hydroxyl groups is 1. The van der Waals surface area contributed by atoms with E-state index in [4.69, 9.17) is 17.2 Å². The number of nitrogens with zero attached hydrogens (tertiary/aromatic N) is 3. The van der Waals surface area contributed by atoms with Crippen molar-refractivity contribution in [2.75, 3.05) is 33.1 Å². The molecule has 6 atom stereocenters. The molecule has 13 nitrogen and oxygen atoms in total. The number of nitrogens with two attached hydrogens (primary N) is 3. The number of aryl methyl sites for hydroxylation is 1. The van der Waals surface area contributed by atoms with Crippen LogP contribution in [0.1, 0.15) is 60.0 Å². The van der Waals surface area contributed by atoms with Crippen molar-refractivity contribution in [1.82, 2.24) is 4.90 Å².